The van der Waals surface area contributed by atoms with Crippen LogP contribution in [-0.2, 0) is 6.18 Å². The van der Waals surface area contributed by atoms with E-state index in [4.69, 9.17) is 34.8 Å². The fourth-order valence-electron chi connectivity index (χ4n) is 1.23. The van der Waals surface area contributed by atoms with Gasteiger partial charge in [0.1, 0.15) is 5.75 Å². The third-order valence-electron chi connectivity index (χ3n) is 2.02. The molecule has 18 heavy (non-hydrogen) atoms. The lowest BCUT2D eigenvalue weighted by Crippen LogP contribution is -2.20. The first kappa shape index (κ1) is 15.4. The summed E-state index contributed by atoms with van der Waals surface area (Å²) < 4.78 is 40.3. The normalized spacial score (nSPS) is 12.4. The third kappa shape index (κ3) is 3.43. The number of carbonyl (C=O) groups is 1. The van der Waals surface area contributed by atoms with Gasteiger partial charge in [-0.15, -0.1) is 0 Å². The van der Waals surface area contributed by atoms with Crippen molar-refractivity contribution in [3.05, 3.63) is 29.3 Å². The second-order valence-corrected chi connectivity index (χ2v) is 5.52. The molecule has 0 spiro atoms. The number of ketones is 1. The molecule has 0 aliphatic carbocycles. The van der Waals surface area contributed by atoms with Crippen LogP contribution in [0.2, 0.25) is 0 Å². The van der Waals surface area contributed by atoms with Gasteiger partial charge in [-0.2, -0.15) is 13.2 Å². The highest BCUT2D eigenvalue weighted by Gasteiger charge is 2.37. The molecule has 0 bridgehead atoms. The second-order valence-electron chi connectivity index (χ2n) is 3.24. The SMILES string of the molecule is COc1ccc(C(=O)C(Cl)(Cl)Cl)cc1C(F)(F)F. The van der Waals surface area contributed by atoms with Gasteiger partial charge in [0.2, 0.25) is 5.78 Å². The van der Waals surface area contributed by atoms with Crippen molar-refractivity contribution in [3.8, 4) is 5.75 Å². The fourth-order valence-corrected chi connectivity index (χ4v) is 1.56. The Kier molecular flexibility index (Phi) is 4.41. The topological polar surface area (TPSA) is 26.3 Å². The maximum absolute atomic E-state index is 12.7. The van der Waals surface area contributed by atoms with Crippen LogP contribution in [0.4, 0.5) is 13.2 Å². The summed E-state index contributed by atoms with van der Waals surface area (Å²) in [5.74, 6) is -1.45. The van der Waals surface area contributed by atoms with Gasteiger partial charge in [0, 0.05) is 5.56 Å². The van der Waals surface area contributed by atoms with E-state index in [0.29, 0.717) is 6.07 Å². The van der Waals surface area contributed by atoms with E-state index in [-0.39, 0.29) is 5.56 Å². The van der Waals surface area contributed by atoms with Gasteiger partial charge in [-0.3, -0.25) is 4.79 Å². The molecule has 0 heterocycles. The Hall–Kier alpha value is -0.650. The smallest absolute Gasteiger partial charge is 0.419 e. The van der Waals surface area contributed by atoms with E-state index in [9.17, 15) is 18.0 Å². The van der Waals surface area contributed by atoms with Crippen LogP contribution < -0.4 is 4.74 Å². The summed E-state index contributed by atoms with van der Waals surface area (Å²) in [5, 5.41) is 0. The molecule has 0 N–H and O–H groups in total. The van der Waals surface area contributed by atoms with Gasteiger partial charge < -0.3 is 4.74 Å². The molecule has 0 saturated carbocycles. The van der Waals surface area contributed by atoms with Crippen LogP contribution in [0.1, 0.15) is 15.9 Å². The number of hydrogen-bond acceptors (Lipinski definition) is 2. The minimum absolute atomic E-state index is 0.358. The van der Waals surface area contributed by atoms with E-state index in [1.807, 2.05) is 0 Å². The number of benzene rings is 1. The molecule has 1 aromatic rings. The number of hydrogen-bond donors (Lipinski definition) is 0. The van der Waals surface area contributed by atoms with Gasteiger partial charge in [0.05, 0.1) is 12.7 Å². The van der Waals surface area contributed by atoms with Crippen molar-refractivity contribution in [3.63, 3.8) is 0 Å². The van der Waals surface area contributed by atoms with Crippen LogP contribution in [0.25, 0.3) is 0 Å². The number of rotatable bonds is 2. The van der Waals surface area contributed by atoms with Crippen molar-refractivity contribution in [1.82, 2.24) is 0 Å². The van der Waals surface area contributed by atoms with Gasteiger partial charge in [-0.25, -0.2) is 0 Å². The molecule has 0 radical (unpaired) electrons. The van der Waals surface area contributed by atoms with Crippen molar-refractivity contribution in [2.24, 2.45) is 0 Å². The van der Waals surface area contributed by atoms with Crippen molar-refractivity contribution in [2.75, 3.05) is 7.11 Å². The molecular weight excluding hydrogens is 315 g/mol. The van der Waals surface area contributed by atoms with Crippen LogP contribution in [0.3, 0.4) is 0 Å². The molecule has 0 aliphatic rings. The van der Waals surface area contributed by atoms with Gasteiger partial charge in [-0.1, -0.05) is 34.8 Å². The number of methoxy groups -OCH3 is 1. The van der Waals surface area contributed by atoms with Gasteiger partial charge in [0.15, 0.2) is 0 Å². The predicted molar refractivity (Wildman–Crippen MR) is 62.6 cm³/mol. The average molecular weight is 322 g/mol. The van der Waals surface area contributed by atoms with E-state index in [1.165, 1.54) is 0 Å². The van der Waals surface area contributed by atoms with Crippen LogP contribution in [0, 0.1) is 0 Å². The minimum Gasteiger partial charge on any atom is -0.496 e. The maximum Gasteiger partial charge on any atom is 0.419 e. The van der Waals surface area contributed by atoms with Crippen LogP contribution >= 0.6 is 34.8 Å². The number of Topliss-reactive ketones (excluding diaryl/α,β-unsaturated/α-hetero) is 1. The highest BCUT2D eigenvalue weighted by molar-refractivity contribution is 6.77. The minimum atomic E-state index is -4.67. The van der Waals surface area contributed by atoms with Crippen molar-refractivity contribution in [2.45, 2.75) is 9.97 Å². The van der Waals surface area contributed by atoms with Crippen molar-refractivity contribution < 1.29 is 22.7 Å². The quantitative estimate of drug-likeness (QED) is 0.601. The fraction of sp³-hybridized carbons (Fsp3) is 0.300. The zero-order valence-corrected chi connectivity index (χ0v) is 11.1. The first-order valence-electron chi connectivity index (χ1n) is 4.44. The van der Waals surface area contributed by atoms with E-state index in [1.54, 1.807) is 0 Å². The maximum atomic E-state index is 12.7. The Morgan fingerprint density at radius 3 is 2.17 bits per heavy atom. The van der Waals surface area contributed by atoms with E-state index >= 15 is 0 Å². The zero-order valence-electron chi connectivity index (χ0n) is 8.82. The number of alkyl halides is 6. The van der Waals surface area contributed by atoms with Gasteiger partial charge >= 0.3 is 6.18 Å². The van der Waals surface area contributed by atoms with Crippen LogP contribution in [0.15, 0.2) is 18.2 Å². The lowest BCUT2D eigenvalue weighted by molar-refractivity contribution is -0.138. The third-order valence-corrected chi connectivity index (χ3v) is 2.54. The second kappa shape index (κ2) is 5.15. The number of ether oxygens (including phenoxy) is 1. The molecule has 0 unspecified atom stereocenters. The summed E-state index contributed by atoms with van der Waals surface area (Å²) in [4.78, 5) is 11.5. The summed E-state index contributed by atoms with van der Waals surface area (Å²) in [6.45, 7) is 0. The molecule has 1 aromatic carbocycles. The van der Waals surface area contributed by atoms with E-state index < -0.39 is 27.1 Å². The van der Waals surface area contributed by atoms with Crippen LogP contribution in [-0.4, -0.2) is 16.7 Å². The van der Waals surface area contributed by atoms with E-state index in [2.05, 4.69) is 4.74 Å². The molecule has 2 nitrogen and oxygen atoms in total. The Bertz CT molecular complexity index is 466. The summed E-state index contributed by atoms with van der Waals surface area (Å²) in [6.07, 6.45) is -4.67. The van der Waals surface area contributed by atoms with Crippen molar-refractivity contribution in [1.29, 1.82) is 0 Å². The molecule has 0 aromatic heterocycles. The summed E-state index contributed by atoms with van der Waals surface area (Å²) in [6, 6.07) is 2.67. The molecule has 8 heteroatoms. The average Bonchev–Trinajstić information content (AvgIpc) is 2.24. The van der Waals surface area contributed by atoms with Crippen molar-refractivity contribution >= 4 is 40.6 Å². The molecule has 100 valence electrons. The molecule has 0 atom stereocenters. The Balaban J connectivity index is 3.32. The van der Waals surface area contributed by atoms with E-state index in [0.717, 1.165) is 19.2 Å². The van der Waals surface area contributed by atoms with Crippen LogP contribution in [0.5, 0.6) is 5.75 Å². The summed E-state index contributed by atoms with van der Waals surface area (Å²) >= 11 is 16.0. The molecule has 0 amide bonds. The summed E-state index contributed by atoms with van der Waals surface area (Å²) in [7, 11) is 1.08. The molecule has 1 rings (SSSR count). The van der Waals surface area contributed by atoms with Gasteiger partial charge in [-0.05, 0) is 18.2 Å². The Labute approximate surface area is 116 Å². The Morgan fingerprint density at radius 1 is 1.22 bits per heavy atom. The monoisotopic (exact) mass is 320 g/mol. The standard InChI is InChI=1S/C10H6Cl3F3O2/c1-18-7-3-2-5(8(17)9(11,12)13)4-6(7)10(14,15)16/h2-4H,1H3. The molecular formula is C10H6Cl3F3O2. The van der Waals surface area contributed by atoms with Gasteiger partial charge in [0.25, 0.3) is 3.79 Å². The largest absolute Gasteiger partial charge is 0.496 e. The first-order chi connectivity index (χ1) is 8.07. The molecule has 0 aliphatic heterocycles. The summed E-state index contributed by atoms with van der Waals surface area (Å²) in [5.41, 5.74) is -1.46. The first-order valence-corrected chi connectivity index (χ1v) is 5.57. The lowest BCUT2D eigenvalue weighted by Gasteiger charge is -2.15. The number of halogens is 6. The highest BCUT2D eigenvalue weighted by Crippen LogP contribution is 2.38. The molecule has 0 fully saturated rings. The lowest BCUT2D eigenvalue weighted by atomic mass is 10.1. The number of carbonyl (C=O) groups excluding carboxylic acids is 1. The highest BCUT2D eigenvalue weighted by atomic mass is 35.6. The zero-order chi connectivity index (χ0) is 14.1. The Morgan fingerprint density at radius 2 is 1.78 bits per heavy atom. The molecule has 0 saturated heterocycles. The predicted octanol–water partition coefficient (Wildman–Crippen LogP) is 4.27.